The molecule has 0 radical (unpaired) electrons. The molecule has 0 aliphatic heterocycles. The van der Waals surface area contributed by atoms with Gasteiger partial charge in [-0.3, -0.25) is 0 Å². The van der Waals surface area contributed by atoms with Gasteiger partial charge in [-0.15, -0.1) is 0 Å². The van der Waals surface area contributed by atoms with Gasteiger partial charge < -0.3 is 14.9 Å². The Hall–Kier alpha value is -1.22. The van der Waals surface area contributed by atoms with Gasteiger partial charge in [-0.2, -0.15) is 0 Å². The molecule has 0 spiro atoms. The average Bonchev–Trinajstić information content (AvgIpc) is 2.72. The van der Waals surface area contributed by atoms with Crippen molar-refractivity contribution in [3.8, 4) is 11.5 Å². The smallest absolute Gasteiger partial charge is 0.160 e. The van der Waals surface area contributed by atoms with E-state index in [1.165, 1.54) is 102 Å². The van der Waals surface area contributed by atoms with Crippen LogP contribution in [0.3, 0.4) is 0 Å². The van der Waals surface area contributed by atoms with Crippen molar-refractivity contribution < 1.29 is 14.9 Å². The van der Waals surface area contributed by atoms with Crippen molar-refractivity contribution in [2.75, 3.05) is 13.2 Å². The minimum Gasteiger partial charge on any atom is -0.504 e. The van der Waals surface area contributed by atoms with Crippen molar-refractivity contribution in [1.82, 2.24) is 0 Å². The number of phenolic OH excluding ortho intramolecular Hbond substituents is 2. The van der Waals surface area contributed by atoms with Crippen LogP contribution in [-0.2, 0) is 11.2 Å². The first kappa shape index (κ1) is 25.8. The van der Waals surface area contributed by atoms with Gasteiger partial charge in [-0.1, -0.05) is 103 Å². The van der Waals surface area contributed by atoms with E-state index >= 15 is 0 Å². The summed E-state index contributed by atoms with van der Waals surface area (Å²) in [5, 5.41) is 19.3. The van der Waals surface area contributed by atoms with E-state index < -0.39 is 0 Å². The van der Waals surface area contributed by atoms with Gasteiger partial charge in [0.05, 0.1) is 0 Å². The third-order valence-electron chi connectivity index (χ3n) is 5.73. The lowest BCUT2D eigenvalue weighted by molar-refractivity contribution is 0.125. The zero-order valence-corrected chi connectivity index (χ0v) is 19.0. The maximum absolute atomic E-state index is 9.79. The number of hydrogen-bond acceptors (Lipinski definition) is 3. The van der Waals surface area contributed by atoms with Crippen LogP contribution in [-0.4, -0.2) is 23.4 Å². The van der Waals surface area contributed by atoms with Crippen molar-refractivity contribution in [2.24, 2.45) is 0 Å². The number of phenols is 2. The molecule has 168 valence electrons. The maximum atomic E-state index is 9.79. The predicted octanol–water partition coefficient (Wildman–Crippen LogP) is 7.92. The molecule has 0 bridgehead atoms. The quantitative estimate of drug-likeness (QED) is 0.171. The second-order valence-corrected chi connectivity index (χ2v) is 8.45. The molecule has 0 aromatic heterocycles. The predicted molar refractivity (Wildman–Crippen MR) is 124 cm³/mol. The van der Waals surface area contributed by atoms with E-state index in [4.69, 9.17) is 4.74 Å². The summed E-state index contributed by atoms with van der Waals surface area (Å²) in [6, 6.07) is 5.23. The summed E-state index contributed by atoms with van der Waals surface area (Å²) in [7, 11) is 0. The first-order valence-electron chi connectivity index (χ1n) is 12.3. The summed E-state index contributed by atoms with van der Waals surface area (Å²) in [4.78, 5) is 0. The molecule has 0 heterocycles. The normalized spacial score (nSPS) is 11.2. The SMILES string of the molecule is CCCCCCCOCCCCCCCCCCCCCc1cccc(O)c1O. The van der Waals surface area contributed by atoms with Crippen LogP contribution >= 0.6 is 0 Å². The van der Waals surface area contributed by atoms with E-state index in [1.807, 2.05) is 6.07 Å². The molecule has 2 N–H and O–H groups in total. The number of ether oxygens (including phenoxy) is 1. The molecule has 0 fully saturated rings. The minimum absolute atomic E-state index is 0.00664. The molecule has 1 aromatic rings. The number of hydrogen-bond donors (Lipinski definition) is 2. The number of para-hydroxylation sites is 1. The van der Waals surface area contributed by atoms with Crippen molar-refractivity contribution in [1.29, 1.82) is 0 Å². The Bertz CT molecular complexity index is 487. The van der Waals surface area contributed by atoms with Crippen molar-refractivity contribution in [3.63, 3.8) is 0 Å². The zero-order chi connectivity index (χ0) is 21.0. The van der Waals surface area contributed by atoms with E-state index in [1.54, 1.807) is 6.07 Å². The van der Waals surface area contributed by atoms with Crippen LogP contribution < -0.4 is 0 Å². The van der Waals surface area contributed by atoms with E-state index in [0.717, 1.165) is 31.6 Å². The number of rotatable bonds is 20. The lowest BCUT2D eigenvalue weighted by Gasteiger charge is -2.06. The summed E-state index contributed by atoms with van der Waals surface area (Å²) >= 11 is 0. The van der Waals surface area contributed by atoms with Crippen LogP contribution in [0.4, 0.5) is 0 Å². The third-order valence-corrected chi connectivity index (χ3v) is 5.73. The van der Waals surface area contributed by atoms with Crippen molar-refractivity contribution in [2.45, 2.75) is 116 Å². The van der Waals surface area contributed by atoms with Gasteiger partial charge in [0.15, 0.2) is 11.5 Å². The molecule has 0 saturated carbocycles. The van der Waals surface area contributed by atoms with Crippen LogP contribution in [0, 0.1) is 0 Å². The number of benzene rings is 1. The summed E-state index contributed by atoms with van der Waals surface area (Å²) < 4.78 is 5.72. The molecule has 0 saturated heterocycles. The molecule has 0 unspecified atom stereocenters. The molecule has 3 nitrogen and oxygen atoms in total. The fourth-order valence-corrected chi connectivity index (χ4v) is 3.80. The van der Waals surface area contributed by atoms with Gasteiger partial charge in [0, 0.05) is 13.2 Å². The Morgan fingerprint density at radius 2 is 1.10 bits per heavy atom. The molecule has 1 aromatic carbocycles. The van der Waals surface area contributed by atoms with Crippen LogP contribution in [0.2, 0.25) is 0 Å². The Morgan fingerprint density at radius 3 is 1.66 bits per heavy atom. The van der Waals surface area contributed by atoms with E-state index in [2.05, 4.69) is 6.92 Å². The number of aromatic hydroxyl groups is 2. The van der Waals surface area contributed by atoms with Crippen LogP contribution in [0.5, 0.6) is 11.5 Å². The standard InChI is InChI=1S/C26H46O3/c1-2-3-4-13-16-22-29-23-17-14-11-9-7-5-6-8-10-12-15-19-24-20-18-21-25(27)26(24)28/h18,20-21,27-28H,2-17,19,22-23H2,1H3. The molecule has 0 aliphatic rings. The van der Waals surface area contributed by atoms with Crippen molar-refractivity contribution in [3.05, 3.63) is 23.8 Å². The highest BCUT2D eigenvalue weighted by Crippen LogP contribution is 2.29. The first-order chi connectivity index (χ1) is 14.3. The van der Waals surface area contributed by atoms with E-state index in [9.17, 15) is 10.2 Å². The molecule has 29 heavy (non-hydrogen) atoms. The molecular weight excluding hydrogens is 360 g/mol. The molecule has 3 heteroatoms. The summed E-state index contributed by atoms with van der Waals surface area (Å²) in [6.45, 7) is 4.17. The van der Waals surface area contributed by atoms with Gasteiger partial charge in [0.25, 0.3) is 0 Å². The summed E-state index contributed by atoms with van der Waals surface area (Å²) in [5.41, 5.74) is 0.863. The monoisotopic (exact) mass is 406 g/mol. The Labute approximate surface area is 179 Å². The molecule has 0 aliphatic carbocycles. The largest absolute Gasteiger partial charge is 0.504 e. The van der Waals surface area contributed by atoms with Crippen LogP contribution in [0.1, 0.15) is 115 Å². The van der Waals surface area contributed by atoms with Gasteiger partial charge in [-0.25, -0.2) is 0 Å². The molecule has 1 rings (SSSR count). The number of unbranched alkanes of at least 4 members (excludes halogenated alkanes) is 14. The van der Waals surface area contributed by atoms with Crippen LogP contribution in [0.25, 0.3) is 0 Å². The second-order valence-electron chi connectivity index (χ2n) is 8.45. The van der Waals surface area contributed by atoms with Crippen LogP contribution in [0.15, 0.2) is 18.2 Å². The van der Waals surface area contributed by atoms with Gasteiger partial charge in [-0.05, 0) is 37.3 Å². The zero-order valence-electron chi connectivity index (χ0n) is 19.0. The van der Waals surface area contributed by atoms with E-state index in [0.29, 0.717) is 0 Å². The lowest BCUT2D eigenvalue weighted by atomic mass is 10.0. The highest BCUT2D eigenvalue weighted by molar-refractivity contribution is 5.44. The summed E-state index contributed by atoms with van der Waals surface area (Å²) in [6.07, 6.45) is 21.7. The molecule has 0 atom stereocenters. The summed E-state index contributed by atoms with van der Waals surface area (Å²) in [5.74, 6) is 0.0503. The Morgan fingerprint density at radius 1 is 0.621 bits per heavy atom. The molecular formula is C26H46O3. The Balaban J connectivity index is 1.75. The van der Waals surface area contributed by atoms with Crippen molar-refractivity contribution >= 4 is 0 Å². The topological polar surface area (TPSA) is 49.7 Å². The van der Waals surface area contributed by atoms with Gasteiger partial charge in [0.1, 0.15) is 0 Å². The van der Waals surface area contributed by atoms with Gasteiger partial charge >= 0.3 is 0 Å². The molecule has 0 amide bonds. The maximum Gasteiger partial charge on any atom is 0.160 e. The highest BCUT2D eigenvalue weighted by Gasteiger charge is 2.04. The van der Waals surface area contributed by atoms with E-state index in [-0.39, 0.29) is 11.5 Å². The minimum atomic E-state index is -0.00664. The second kappa shape index (κ2) is 18.8. The lowest BCUT2D eigenvalue weighted by Crippen LogP contribution is -1.97. The number of aryl methyl sites for hydroxylation is 1. The first-order valence-corrected chi connectivity index (χ1v) is 12.3. The third kappa shape index (κ3) is 14.4. The van der Waals surface area contributed by atoms with Gasteiger partial charge in [0.2, 0.25) is 0 Å². The fraction of sp³-hybridized carbons (Fsp3) is 0.769. The average molecular weight is 407 g/mol. The highest BCUT2D eigenvalue weighted by atomic mass is 16.5. The fourth-order valence-electron chi connectivity index (χ4n) is 3.80. The Kier molecular flexibility index (Phi) is 16.7.